The van der Waals surface area contributed by atoms with Gasteiger partial charge in [-0.25, -0.2) is 4.79 Å². The maximum absolute atomic E-state index is 11.5. The highest BCUT2D eigenvalue weighted by Crippen LogP contribution is 2.22. The predicted octanol–water partition coefficient (Wildman–Crippen LogP) is 2.16. The lowest BCUT2D eigenvalue weighted by molar-refractivity contribution is 0.00463. The van der Waals surface area contributed by atoms with Gasteiger partial charge in [0.15, 0.2) is 0 Å². The SMILES string of the molecule is CCN(CC)c1ccc2c([C-]=[N+]=[N-])cc(=O)oc2c1. The molecule has 1 aromatic heterocycles. The first kappa shape index (κ1) is 13.1. The van der Waals surface area contributed by atoms with E-state index in [0.29, 0.717) is 16.5 Å². The molecule has 0 atom stereocenters. The van der Waals surface area contributed by atoms with Crippen LogP contribution in [0, 0.1) is 0 Å². The molecule has 0 fully saturated rings. The molecule has 5 heteroatoms. The monoisotopic (exact) mass is 256 g/mol. The zero-order valence-electron chi connectivity index (χ0n) is 10.9. The van der Waals surface area contributed by atoms with Crippen LogP contribution in [0.1, 0.15) is 19.4 Å². The Hall–Kier alpha value is -2.39. The number of hydrogen-bond acceptors (Lipinski definition) is 3. The third-order valence-corrected chi connectivity index (χ3v) is 3.03. The summed E-state index contributed by atoms with van der Waals surface area (Å²) in [5, 5.41) is 0.688. The largest absolute Gasteiger partial charge is 0.445 e. The average molecular weight is 256 g/mol. The van der Waals surface area contributed by atoms with E-state index >= 15 is 0 Å². The first-order chi connectivity index (χ1) is 9.19. The molecule has 0 aliphatic carbocycles. The van der Waals surface area contributed by atoms with Crippen LogP contribution in [-0.2, 0) is 0 Å². The Bertz CT molecular complexity index is 695. The maximum Gasteiger partial charge on any atom is 0.279 e. The van der Waals surface area contributed by atoms with Crippen LogP contribution in [0.3, 0.4) is 0 Å². The van der Waals surface area contributed by atoms with E-state index in [1.165, 1.54) is 6.07 Å². The summed E-state index contributed by atoms with van der Waals surface area (Å²) >= 11 is 0. The normalized spacial score (nSPS) is 10.2. The lowest BCUT2D eigenvalue weighted by atomic mass is 10.1. The summed E-state index contributed by atoms with van der Waals surface area (Å²) < 4.78 is 5.18. The lowest BCUT2D eigenvalue weighted by Gasteiger charge is -2.21. The van der Waals surface area contributed by atoms with E-state index in [1.54, 1.807) is 0 Å². The van der Waals surface area contributed by atoms with Gasteiger partial charge >= 0.3 is 0 Å². The van der Waals surface area contributed by atoms with E-state index in [9.17, 15) is 4.79 Å². The minimum atomic E-state index is -0.490. The Morgan fingerprint density at radius 2 is 2.05 bits per heavy atom. The molecule has 0 aliphatic rings. The Morgan fingerprint density at radius 3 is 2.68 bits per heavy atom. The number of anilines is 1. The van der Waals surface area contributed by atoms with Gasteiger partial charge in [-0.3, -0.25) is 4.79 Å². The van der Waals surface area contributed by atoms with E-state index in [0.717, 1.165) is 18.8 Å². The Morgan fingerprint density at radius 1 is 1.32 bits per heavy atom. The van der Waals surface area contributed by atoms with Gasteiger partial charge in [-0.05, 0) is 19.9 Å². The van der Waals surface area contributed by atoms with Crippen molar-refractivity contribution < 1.29 is 9.21 Å². The number of fused-ring (bicyclic) bond motifs is 1. The van der Waals surface area contributed by atoms with Gasteiger partial charge < -0.3 is 14.8 Å². The van der Waals surface area contributed by atoms with Crippen LogP contribution < -0.4 is 10.5 Å². The van der Waals surface area contributed by atoms with Crippen LogP contribution in [0.25, 0.3) is 16.5 Å². The number of rotatable bonds is 4. The van der Waals surface area contributed by atoms with E-state index in [4.69, 9.17) is 9.95 Å². The molecule has 0 radical (unpaired) electrons. The van der Waals surface area contributed by atoms with E-state index in [-0.39, 0.29) is 0 Å². The Labute approximate surface area is 110 Å². The number of hydrogen-bond donors (Lipinski definition) is 0. The summed E-state index contributed by atoms with van der Waals surface area (Å²) in [4.78, 5) is 16.5. The summed E-state index contributed by atoms with van der Waals surface area (Å²) in [7, 11) is 0. The molecule has 98 valence electrons. The molecule has 0 aliphatic heterocycles. The second kappa shape index (κ2) is 5.50. The summed E-state index contributed by atoms with van der Waals surface area (Å²) in [5.74, 6) is 0. The van der Waals surface area contributed by atoms with Gasteiger partial charge in [-0.15, -0.1) is 6.07 Å². The van der Waals surface area contributed by atoms with E-state index < -0.39 is 5.63 Å². The molecular formula is C14H14N3O2-. The molecule has 0 saturated heterocycles. The molecule has 1 aromatic carbocycles. The molecule has 0 spiro atoms. The third kappa shape index (κ3) is 2.56. The second-order valence-corrected chi connectivity index (χ2v) is 4.04. The second-order valence-electron chi connectivity index (χ2n) is 4.04. The van der Waals surface area contributed by atoms with Crippen molar-refractivity contribution in [2.24, 2.45) is 0 Å². The van der Waals surface area contributed by atoms with Crippen molar-refractivity contribution >= 4 is 22.9 Å². The highest BCUT2D eigenvalue weighted by molar-refractivity contribution is 5.96. The van der Waals surface area contributed by atoms with Crippen molar-refractivity contribution in [3.63, 3.8) is 0 Å². The lowest BCUT2D eigenvalue weighted by Crippen LogP contribution is -2.21. The number of benzene rings is 1. The Kier molecular flexibility index (Phi) is 3.78. The highest BCUT2D eigenvalue weighted by atomic mass is 16.4. The zero-order valence-corrected chi connectivity index (χ0v) is 10.9. The van der Waals surface area contributed by atoms with Gasteiger partial charge in [0.25, 0.3) is 5.63 Å². The molecule has 5 nitrogen and oxygen atoms in total. The standard InChI is InChI=1S/C14H14N3O2/c1-3-17(4-2)11-5-6-12-10(9-16-15)7-14(18)19-13(12)8-11/h5-8H,3-4H2,1-2H3/q-1. The van der Waals surface area contributed by atoms with Gasteiger partial charge in [0.1, 0.15) is 0 Å². The zero-order chi connectivity index (χ0) is 13.8. The van der Waals surface area contributed by atoms with Gasteiger partial charge in [0.2, 0.25) is 6.21 Å². The molecule has 1 heterocycles. The van der Waals surface area contributed by atoms with Gasteiger partial charge in [0.05, 0.1) is 5.58 Å². The molecule has 0 amide bonds. The van der Waals surface area contributed by atoms with Crippen molar-refractivity contribution in [3.05, 3.63) is 45.8 Å². The van der Waals surface area contributed by atoms with Crippen LogP contribution in [0.4, 0.5) is 5.69 Å². The van der Waals surface area contributed by atoms with Crippen LogP contribution in [-0.4, -0.2) is 24.1 Å². The minimum Gasteiger partial charge on any atom is -0.445 e. The molecule has 0 N–H and O–H groups in total. The van der Waals surface area contributed by atoms with Crippen LogP contribution in [0.15, 0.2) is 33.5 Å². The van der Waals surface area contributed by atoms with Crippen LogP contribution in [0.5, 0.6) is 0 Å². The van der Waals surface area contributed by atoms with Gasteiger partial charge in [-0.2, -0.15) is 0 Å². The quantitative estimate of drug-likeness (QED) is 0.277. The summed E-state index contributed by atoms with van der Waals surface area (Å²) in [6, 6.07) is 6.84. The van der Waals surface area contributed by atoms with Gasteiger partial charge in [0, 0.05) is 18.8 Å². The maximum atomic E-state index is 11.5. The van der Waals surface area contributed by atoms with Gasteiger partial charge in [-0.1, -0.05) is 23.1 Å². The fourth-order valence-electron chi connectivity index (χ4n) is 2.08. The first-order valence-corrected chi connectivity index (χ1v) is 6.12. The highest BCUT2D eigenvalue weighted by Gasteiger charge is 2.04. The summed E-state index contributed by atoms with van der Waals surface area (Å²) in [6.07, 6.45) is 2.37. The third-order valence-electron chi connectivity index (χ3n) is 3.03. The fourth-order valence-corrected chi connectivity index (χ4v) is 2.08. The smallest absolute Gasteiger partial charge is 0.279 e. The van der Waals surface area contributed by atoms with Crippen molar-refractivity contribution in [2.75, 3.05) is 18.0 Å². The number of nitrogens with zero attached hydrogens (tertiary/aromatic N) is 3. The van der Waals surface area contributed by atoms with Crippen LogP contribution >= 0.6 is 0 Å². The first-order valence-electron chi connectivity index (χ1n) is 6.12. The molecule has 0 unspecified atom stereocenters. The van der Waals surface area contributed by atoms with Crippen molar-refractivity contribution in [3.8, 4) is 0 Å². The summed E-state index contributed by atoms with van der Waals surface area (Å²) in [5.41, 5.74) is 9.93. The molecule has 2 aromatic rings. The topological polar surface area (TPSA) is 69.8 Å². The van der Waals surface area contributed by atoms with E-state index in [1.807, 2.05) is 18.2 Å². The van der Waals surface area contributed by atoms with E-state index in [2.05, 4.69) is 29.8 Å². The van der Waals surface area contributed by atoms with Crippen LogP contribution in [0.2, 0.25) is 0 Å². The molecule has 0 saturated carbocycles. The van der Waals surface area contributed by atoms with Crippen molar-refractivity contribution in [1.82, 2.24) is 0 Å². The van der Waals surface area contributed by atoms with Crippen molar-refractivity contribution in [2.45, 2.75) is 13.8 Å². The predicted molar refractivity (Wildman–Crippen MR) is 73.8 cm³/mol. The average Bonchev–Trinajstić information content (AvgIpc) is 2.40. The summed E-state index contributed by atoms with van der Waals surface area (Å²) in [6.45, 7) is 5.87. The molecule has 19 heavy (non-hydrogen) atoms. The molecule has 0 bridgehead atoms. The minimum absolute atomic E-state index is 0.417. The molecular weight excluding hydrogens is 242 g/mol. The van der Waals surface area contributed by atoms with Crippen molar-refractivity contribution in [1.29, 1.82) is 0 Å². The molecule has 2 rings (SSSR count). The Balaban J connectivity index is 2.67. The fraction of sp³-hybridized carbons (Fsp3) is 0.286.